The number of ether oxygens (including phenoxy) is 3. The summed E-state index contributed by atoms with van der Waals surface area (Å²) in [5, 5.41) is 0. The summed E-state index contributed by atoms with van der Waals surface area (Å²) < 4.78 is 16.9. The Morgan fingerprint density at radius 2 is 0.567 bits per heavy atom. The van der Waals surface area contributed by atoms with Crippen LogP contribution in [0.15, 0.2) is 0 Å². The molecule has 6 nitrogen and oxygen atoms in total. The third-order valence-corrected chi connectivity index (χ3v) is 14.3. The van der Waals surface area contributed by atoms with Crippen molar-refractivity contribution in [1.29, 1.82) is 0 Å². The Morgan fingerprint density at radius 3 is 0.851 bits per heavy atom. The van der Waals surface area contributed by atoms with Gasteiger partial charge in [-0.3, -0.25) is 14.4 Å². The Labute approximate surface area is 418 Å². The predicted octanol–water partition coefficient (Wildman–Crippen LogP) is 20.0. The quantitative estimate of drug-likeness (QED) is 0.0343. The van der Waals surface area contributed by atoms with E-state index in [1.54, 1.807) is 0 Å². The summed E-state index contributed by atoms with van der Waals surface area (Å²) in [6.07, 6.45) is 58.1. The Balaban J connectivity index is 4.22. The Hall–Kier alpha value is -1.59. The zero-order chi connectivity index (χ0) is 48.9. The van der Waals surface area contributed by atoms with Gasteiger partial charge in [0.1, 0.15) is 13.2 Å². The van der Waals surface area contributed by atoms with Crippen molar-refractivity contribution in [2.24, 2.45) is 11.8 Å². The maximum Gasteiger partial charge on any atom is 0.306 e. The molecule has 1 unspecified atom stereocenters. The van der Waals surface area contributed by atoms with E-state index in [0.29, 0.717) is 19.3 Å². The van der Waals surface area contributed by atoms with Gasteiger partial charge in [-0.15, -0.1) is 0 Å². The molecule has 0 heterocycles. The molecular formula is C61H118O6. The van der Waals surface area contributed by atoms with Gasteiger partial charge in [0, 0.05) is 19.3 Å². The number of rotatable bonds is 55. The molecule has 6 heteroatoms. The van der Waals surface area contributed by atoms with Crippen LogP contribution in [0.5, 0.6) is 0 Å². The lowest BCUT2D eigenvalue weighted by Crippen LogP contribution is -2.30. The Morgan fingerprint density at radius 1 is 0.313 bits per heavy atom. The van der Waals surface area contributed by atoms with Crippen molar-refractivity contribution >= 4 is 17.9 Å². The predicted molar refractivity (Wildman–Crippen MR) is 289 cm³/mol. The van der Waals surface area contributed by atoms with Crippen LogP contribution in [0, 0.1) is 11.8 Å². The smallest absolute Gasteiger partial charge is 0.306 e. The molecule has 0 aromatic heterocycles. The van der Waals surface area contributed by atoms with Gasteiger partial charge in [-0.2, -0.15) is 0 Å². The number of carbonyl (C=O) groups is 3. The molecule has 67 heavy (non-hydrogen) atoms. The Kier molecular flexibility index (Phi) is 52.5. The first-order chi connectivity index (χ1) is 32.8. The first-order valence-corrected chi connectivity index (χ1v) is 30.3. The minimum atomic E-state index is -0.762. The zero-order valence-electron chi connectivity index (χ0n) is 46.0. The lowest BCUT2D eigenvalue weighted by molar-refractivity contribution is -0.167. The van der Waals surface area contributed by atoms with Crippen molar-refractivity contribution in [3.63, 3.8) is 0 Å². The van der Waals surface area contributed by atoms with E-state index in [-0.39, 0.29) is 31.1 Å². The summed E-state index contributed by atoms with van der Waals surface area (Å²) >= 11 is 0. The van der Waals surface area contributed by atoms with Gasteiger partial charge < -0.3 is 14.2 Å². The summed E-state index contributed by atoms with van der Waals surface area (Å²) in [7, 11) is 0. The number of unbranched alkanes of at least 4 members (excludes halogenated alkanes) is 39. The van der Waals surface area contributed by atoms with Crippen LogP contribution in [0.2, 0.25) is 0 Å². The highest BCUT2D eigenvalue weighted by Gasteiger charge is 2.19. The van der Waals surface area contributed by atoms with Crippen molar-refractivity contribution in [1.82, 2.24) is 0 Å². The van der Waals surface area contributed by atoms with E-state index in [0.717, 1.165) is 69.6 Å². The summed E-state index contributed by atoms with van der Waals surface area (Å²) in [6, 6.07) is 0. The second-order valence-corrected chi connectivity index (χ2v) is 21.7. The third-order valence-electron chi connectivity index (χ3n) is 14.3. The SMILES string of the molecule is CCCCCCCCCCCCCCCC(=O)O[C@H](COC(=O)CCCCCCCCCCCCCCCCCCCCC(C)CC)COC(=O)CCCCCCCCCCCCCC(C)C. The minimum absolute atomic E-state index is 0.0624. The van der Waals surface area contributed by atoms with Gasteiger partial charge in [0.2, 0.25) is 0 Å². The van der Waals surface area contributed by atoms with Crippen molar-refractivity contribution in [3.8, 4) is 0 Å². The van der Waals surface area contributed by atoms with E-state index in [1.165, 1.54) is 231 Å². The van der Waals surface area contributed by atoms with Gasteiger partial charge in [-0.25, -0.2) is 0 Å². The van der Waals surface area contributed by atoms with E-state index >= 15 is 0 Å². The highest BCUT2D eigenvalue weighted by Crippen LogP contribution is 2.19. The van der Waals surface area contributed by atoms with Crippen LogP contribution in [0.1, 0.15) is 343 Å². The zero-order valence-corrected chi connectivity index (χ0v) is 46.0. The molecule has 0 fully saturated rings. The molecule has 0 spiro atoms. The van der Waals surface area contributed by atoms with Crippen molar-refractivity contribution in [2.45, 2.75) is 349 Å². The molecule has 0 N–H and O–H groups in total. The largest absolute Gasteiger partial charge is 0.462 e. The molecule has 0 aromatic rings. The summed E-state index contributed by atoms with van der Waals surface area (Å²) in [6.45, 7) is 11.5. The van der Waals surface area contributed by atoms with Gasteiger partial charge >= 0.3 is 17.9 Å². The van der Waals surface area contributed by atoms with E-state index < -0.39 is 6.10 Å². The lowest BCUT2D eigenvalue weighted by atomic mass is 9.99. The van der Waals surface area contributed by atoms with Crippen LogP contribution in [0.25, 0.3) is 0 Å². The number of carbonyl (C=O) groups excluding carboxylic acids is 3. The highest BCUT2D eigenvalue weighted by atomic mass is 16.6. The number of hydrogen-bond acceptors (Lipinski definition) is 6. The van der Waals surface area contributed by atoms with Crippen LogP contribution in [-0.2, 0) is 28.6 Å². The van der Waals surface area contributed by atoms with Crippen LogP contribution in [0.3, 0.4) is 0 Å². The summed E-state index contributed by atoms with van der Waals surface area (Å²) in [5.74, 6) is 0.900. The van der Waals surface area contributed by atoms with Crippen LogP contribution < -0.4 is 0 Å². The molecule has 0 saturated carbocycles. The van der Waals surface area contributed by atoms with Crippen molar-refractivity contribution in [3.05, 3.63) is 0 Å². The third kappa shape index (κ3) is 53.6. The lowest BCUT2D eigenvalue weighted by Gasteiger charge is -2.18. The maximum absolute atomic E-state index is 12.8. The molecule has 0 amide bonds. The van der Waals surface area contributed by atoms with E-state index in [2.05, 4.69) is 34.6 Å². The van der Waals surface area contributed by atoms with Crippen LogP contribution in [-0.4, -0.2) is 37.2 Å². The molecule has 0 aliphatic heterocycles. The Bertz CT molecular complexity index is 1030. The van der Waals surface area contributed by atoms with Gasteiger partial charge in [0.05, 0.1) is 0 Å². The molecule has 0 aliphatic carbocycles. The van der Waals surface area contributed by atoms with Gasteiger partial charge in [-0.1, -0.05) is 304 Å². The fourth-order valence-corrected chi connectivity index (χ4v) is 9.37. The molecule has 0 rings (SSSR count). The van der Waals surface area contributed by atoms with Crippen LogP contribution in [0.4, 0.5) is 0 Å². The van der Waals surface area contributed by atoms with Crippen LogP contribution >= 0.6 is 0 Å². The standard InChI is InChI=1S/C61H118O6/c1-6-8-9-10-11-12-13-20-27-33-38-43-48-53-61(64)67-58(55-66-60(63)52-47-42-37-32-28-23-24-29-34-39-44-49-56(3)4)54-65-59(62)51-46-41-36-31-26-22-19-17-15-14-16-18-21-25-30-35-40-45-50-57(5)7-2/h56-58H,6-55H2,1-5H3/t57?,58-/m1/s1. The number of hydrogen-bond donors (Lipinski definition) is 0. The average Bonchev–Trinajstić information content (AvgIpc) is 3.31. The van der Waals surface area contributed by atoms with E-state index in [1.807, 2.05) is 0 Å². The topological polar surface area (TPSA) is 78.9 Å². The monoisotopic (exact) mass is 947 g/mol. The maximum atomic E-state index is 12.8. The van der Waals surface area contributed by atoms with E-state index in [4.69, 9.17) is 14.2 Å². The van der Waals surface area contributed by atoms with Gasteiger partial charge in [-0.05, 0) is 31.1 Å². The fourth-order valence-electron chi connectivity index (χ4n) is 9.37. The molecular weight excluding hydrogens is 829 g/mol. The van der Waals surface area contributed by atoms with Gasteiger partial charge in [0.15, 0.2) is 6.10 Å². The summed E-state index contributed by atoms with van der Waals surface area (Å²) in [5.41, 5.74) is 0. The molecule has 0 saturated heterocycles. The second kappa shape index (κ2) is 53.8. The number of esters is 3. The molecule has 0 aliphatic rings. The average molecular weight is 948 g/mol. The van der Waals surface area contributed by atoms with E-state index in [9.17, 15) is 14.4 Å². The molecule has 398 valence electrons. The fraction of sp³-hybridized carbons (Fsp3) is 0.951. The van der Waals surface area contributed by atoms with Gasteiger partial charge in [0.25, 0.3) is 0 Å². The first kappa shape index (κ1) is 65.4. The minimum Gasteiger partial charge on any atom is -0.462 e. The first-order valence-electron chi connectivity index (χ1n) is 30.3. The normalized spacial score (nSPS) is 12.4. The molecule has 0 radical (unpaired) electrons. The molecule has 2 atom stereocenters. The molecule has 0 bridgehead atoms. The summed E-state index contributed by atoms with van der Waals surface area (Å²) in [4.78, 5) is 38.2. The van der Waals surface area contributed by atoms with Crippen molar-refractivity contribution < 1.29 is 28.6 Å². The second-order valence-electron chi connectivity index (χ2n) is 21.7. The highest BCUT2D eigenvalue weighted by molar-refractivity contribution is 5.71. The van der Waals surface area contributed by atoms with Crippen molar-refractivity contribution in [2.75, 3.05) is 13.2 Å². The molecule has 0 aromatic carbocycles.